The highest BCUT2D eigenvalue weighted by atomic mass is 32.2. The molecule has 0 saturated carbocycles. The van der Waals surface area contributed by atoms with Gasteiger partial charge in [-0.15, -0.1) is 0 Å². The lowest BCUT2D eigenvalue weighted by atomic mass is 10.2. The number of carbonyl (C=O) groups excluding carboxylic acids is 2. The molecule has 68 valence electrons. The fourth-order valence-electron chi connectivity index (χ4n) is 1.07. The maximum Gasteiger partial charge on any atom is 0.324 e. The van der Waals surface area contributed by atoms with Crippen LogP contribution in [-0.4, -0.2) is 41.9 Å². The molecule has 0 aromatic rings. The summed E-state index contributed by atoms with van der Waals surface area (Å²) in [7, 11) is 1.50. The maximum atomic E-state index is 11.3. The van der Waals surface area contributed by atoms with Crippen LogP contribution >= 0.6 is 11.8 Å². The third-order valence-corrected chi connectivity index (χ3v) is 2.49. The fourth-order valence-corrected chi connectivity index (χ4v) is 1.54. The smallest absolute Gasteiger partial charge is 0.324 e. The maximum absolute atomic E-state index is 11.3. The van der Waals surface area contributed by atoms with E-state index in [-0.39, 0.29) is 18.0 Å². The number of likely N-dealkylation sites (N-methyl/N-ethyl adjacent to an activating group) is 1. The largest absolute Gasteiger partial charge is 0.326 e. The first kappa shape index (κ1) is 9.38. The van der Waals surface area contributed by atoms with Crippen LogP contribution in [0.15, 0.2) is 0 Å². The molecule has 5 heteroatoms. The molecule has 1 heterocycles. The molecule has 1 fully saturated rings. The normalized spacial score (nSPS) is 23.2. The van der Waals surface area contributed by atoms with Crippen LogP contribution in [0.3, 0.4) is 0 Å². The van der Waals surface area contributed by atoms with Crippen molar-refractivity contribution in [1.29, 1.82) is 0 Å². The van der Waals surface area contributed by atoms with Crippen molar-refractivity contribution in [3.8, 4) is 0 Å². The number of hydrogen-bond donors (Lipinski definition) is 1. The molecule has 1 aliphatic heterocycles. The van der Waals surface area contributed by atoms with Crippen molar-refractivity contribution in [2.24, 2.45) is 0 Å². The van der Waals surface area contributed by atoms with Crippen molar-refractivity contribution in [3.05, 3.63) is 0 Å². The van der Waals surface area contributed by atoms with Crippen molar-refractivity contribution >= 4 is 23.7 Å². The summed E-state index contributed by atoms with van der Waals surface area (Å²) in [6.07, 6.45) is 2.70. The SMILES string of the molecule is CSCC[C@@H]1NC(=O)N(C)C1=O. The van der Waals surface area contributed by atoms with Gasteiger partial charge in [0.15, 0.2) is 0 Å². The van der Waals surface area contributed by atoms with E-state index >= 15 is 0 Å². The predicted molar refractivity (Wildman–Crippen MR) is 48.1 cm³/mol. The summed E-state index contributed by atoms with van der Waals surface area (Å²) < 4.78 is 0. The Morgan fingerprint density at radius 1 is 1.58 bits per heavy atom. The van der Waals surface area contributed by atoms with Gasteiger partial charge in [0.05, 0.1) is 0 Å². The molecule has 0 unspecified atom stereocenters. The van der Waals surface area contributed by atoms with E-state index in [1.54, 1.807) is 11.8 Å². The number of rotatable bonds is 3. The molecule has 1 atom stereocenters. The Morgan fingerprint density at radius 2 is 2.25 bits per heavy atom. The molecule has 0 aliphatic carbocycles. The van der Waals surface area contributed by atoms with Gasteiger partial charge in [-0.3, -0.25) is 9.69 Å². The summed E-state index contributed by atoms with van der Waals surface area (Å²) in [6, 6.07) is -0.582. The number of thioether (sulfide) groups is 1. The Morgan fingerprint density at radius 3 is 2.67 bits per heavy atom. The molecule has 1 aliphatic rings. The summed E-state index contributed by atoms with van der Waals surface area (Å²) in [5, 5.41) is 2.61. The van der Waals surface area contributed by atoms with Gasteiger partial charge < -0.3 is 5.32 Å². The quantitative estimate of drug-likeness (QED) is 0.648. The minimum absolute atomic E-state index is 0.117. The van der Waals surface area contributed by atoms with Crippen LogP contribution in [0, 0.1) is 0 Å². The van der Waals surface area contributed by atoms with E-state index in [9.17, 15) is 9.59 Å². The van der Waals surface area contributed by atoms with Gasteiger partial charge in [0.2, 0.25) is 0 Å². The first-order valence-electron chi connectivity index (χ1n) is 3.74. The number of carbonyl (C=O) groups is 2. The number of hydrogen-bond acceptors (Lipinski definition) is 3. The Bertz CT molecular complexity index is 208. The third kappa shape index (κ3) is 1.72. The van der Waals surface area contributed by atoms with Crippen LogP contribution in [0.1, 0.15) is 6.42 Å². The van der Waals surface area contributed by atoms with E-state index in [0.717, 1.165) is 17.1 Å². The number of imide groups is 1. The van der Waals surface area contributed by atoms with Gasteiger partial charge in [-0.25, -0.2) is 4.79 Å². The van der Waals surface area contributed by atoms with Crippen LogP contribution in [0.25, 0.3) is 0 Å². The molecule has 3 amide bonds. The Balaban J connectivity index is 2.47. The lowest BCUT2D eigenvalue weighted by Crippen LogP contribution is -2.29. The molecule has 12 heavy (non-hydrogen) atoms. The number of nitrogens with zero attached hydrogens (tertiary/aromatic N) is 1. The van der Waals surface area contributed by atoms with Crippen molar-refractivity contribution < 1.29 is 9.59 Å². The monoisotopic (exact) mass is 188 g/mol. The van der Waals surface area contributed by atoms with Crippen LogP contribution in [0.4, 0.5) is 4.79 Å². The molecule has 1 saturated heterocycles. The molecule has 0 bridgehead atoms. The zero-order valence-corrected chi connectivity index (χ0v) is 7.98. The zero-order chi connectivity index (χ0) is 9.14. The molecule has 0 aromatic carbocycles. The second-order valence-electron chi connectivity index (χ2n) is 2.68. The molecule has 0 aromatic heterocycles. The lowest BCUT2D eigenvalue weighted by molar-refractivity contribution is -0.126. The Kier molecular flexibility index (Phi) is 2.97. The molecule has 1 rings (SSSR count). The van der Waals surface area contributed by atoms with Gasteiger partial charge in [0.25, 0.3) is 5.91 Å². The first-order valence-corrected chi connectivity index (χ1v) is 5.13. The molecular formula is C7H12N2O2S. The van der Waals surface area contributed by atoms with Crippen LogP contribution in [0.2, 0.25) is 0 Å². The molecule has 0 radical (unpaired) electrons. The minimum Gasteiger partial charge on any atom is -0.326 e. The second-order valence-corrected chi connectivity index (χ2v) is 3.67. The number of amides is 3. The Labute approximate surface area is 75.7 Å². The van der Waals surface area contributed by atoms with Gasteiger partial charge >= 0.3 is 6.03 Å². The Hall–Kier alpha value is -0.710. The fraction of sp³-hybridized carbons (Fsp3) is 0.714. The minimum atomic E-state index is -0.296. The van der Waals surface area contributed by atoms with Crippen LogP contribution in [0.5, 0.6) is 0 Å². The van der Waals surface area contributed by atoms with Crippen molar-refractivity contribution in [2.45, 2.75) is 12.5 Å². The lowest BCUT2D eigenvalue weighted by Gasteiger charge is -2.05. The van der Waals surface area contributed by atoms with E-state index in [1.807, 2.05) is 6.26 Å². The van der Waals surface area contributed by atoms with E-state index in [4.69, 9.17) is 0 Å². The van der Waals surface area contributed by atoms with Crippen LogP contribution in [-0.2, 0) is 4.79 Å². The van der Waals surface area contributed by atoms with Gasteiger partial charge in [0.1, 0.15) is 6.04 Å². The summed E-state index contributed by atoms with van der Waals surface area (Å²) in [5.74, 6) is 0.777. The van der Waals surface area contributed by atoms with Gasteiger partial charge in [-0.2, -0.15) is 11.8 Å². The molecule has 4 nitrogen and oxygen atoms in total. The van der Waals surface area contributed by atoms with Crippen molar-refractivity contribution in [3.63, 3.8) is 0 Å². The number of nitrogens with one attached hydrogen (secondary N) is 1. The highest BCUT2D eigenvalue weighted by molar-refractivity contribution is 7.98. The predicted octanol–water partition coefficient (Wildman–Crippen LogP) is 0.290. The summed E-state index contributed by atoms with van der Waals surface area (Å²) in [5.41, 5.74) is 0. The molecular weight excluding hydrogens is 176 g/mol. The topological polar surface area (TPSA) is 49.4 Å². The summed E-state index contributed by atoms with van der Waals surface area (Å²) >= 11 is 1.67. The van der Waals surface area contributed by atoms with Crippen molar-refractivity contribution in [1.82, 2.24) is 10.2 Å². The van der Waals surface area contributed by atoms with E-state index < -0.39 is 0 Å². The van der Waals surface area contributed by atoms with E-state index in [1.165, 1.54) is 7.05 Å². The highest BCUT2D eigenvalue weighted by Gasteiger charge is 2.34. The summed E-state index contributed by atoms with van der Waals surface area (Å²) in [6.45, 7) is 0. The van der Waals surface area contributed by atoms with E-state index in [2.05, 4.69) is 5.32 Å². The third-order valence-electron chi connectivity index (χ3n) is 1.84. The zero-order valence-electron chi connectivity index (χ0n) is 7.16. The van der Waals surface area contributed by atoms with E-state index in [0.29, 0.717) is 0 Å². The average Bonchev–Trinajstić information content (AvgIpc) is 2.30. The van der Waals surface area contributed by atoms with Crippen molar-refractivity contribution in [2.75, 3.05) is 19.1 Å². The molecule has 1 N–H and O–H groups in total. The van der Waals surface area contributed by atoms with Gasteiger partial charge in [-0.05, 0) is 18.4 Å². The molecule has 0 spiro atoms. The first-order chi connectivity index (χ1) is 5.66. The van der Waals surface area contributed by atoms with Gasteiger partial charge in [-0.1, -0.05) is 0 Å². The summed E-state index contributed by atoms with van der Waals surface area (Å²) in [4.78, 5) is 23.3. The van der Waals surface area contributed by atoms with Gasteiger partial charge in [0, 0.05) is 7.05 Å². The average molecular weight is 188 g/mol. The number of urea groups is 1. The standard InChI is InChI=1S/C7H12N2O2S/c1-9-6(10)5(3-4-12-2)8-7(9)11/h5H,3-4H2,1-2H3,(H,8,11)/t5-/m0/s1. The highest BCUT2D eigenvalue weighted by Crippen LogP contribution is 2.09. The van der Waals surface area contributed by atoms with Crippen LogP contribution < -0.4 is 5.32 Å². The second kappa shape index (κ2) is 3.80.